The second-order valence-electron chi connectivity index (χ2n) is 4.88. The molecule has 0 atom stereocenters. The molecule has 0 heterocycles. The first-order valence-electron chi connectivity index (χ1n) is 7.29. The van der Waals surface area contributed by atoms with Gasteiger partial charge in [-0.2, -0.15) is 0 Å². The van der Waals surface area contributed by atoms with E-state index in [-0.39, 0.29) is 5.78 Å². The Hall–Kier alpha value is -2.40. The molecule has 0 saturated heterocycles. The number of hydrogen-bond acceptors (Lipinski definition) is 5. The Balaban J connectivity index is 2.26. The van der Waals surface area contributed by atoms with Gasteiger partial charge in [-0.25, -0.2) is 0 Å². The Kier molecular flexibility index (Phi) is 6.32. The maximum Gasteiger partial charge on any atom is 0.203 e. The van der Waals surface area contributed by atoms with E-state index in [1.165, 1.54) is 32.3 Å². The molecule has 0 spiro atoms. The minimum atomic E-state index is -0.136. The van der Waals surface area contributed by atoms with Gasteiger partial charge < -0.3 is 14.2 Å². The molecule has 0 fully saturated rings. The van der Waals surface area contributed by atoms with Gasteiger partial charge in [0.25, 0.3) is 0 Å². The summed E-state index contributed by atoms with van der Waals surface area (Å²) in [6.45, 7) is 0. The lowest BCUT2D eigenvalue weighted by Gasteiger charge is -2.13. The van der Waals surface area contributed by atoms with Gasteiger partial charge in [-0.15, -0.1) is 11.8 Å². The molecule has 5 heteroatoms. The molecule has 0 aliphatic rings. The largest absolute Gasteiger partial charge is 0.493 e. The van der Waals surface area contributed by atoms with Crippen molar-refractivity contribution < 1.29 is 19.0 Å². The number of methoxy groups -OCH3 is 3. The van der Waals surface area contributed by atoms with Gasteiger partial charge in [0.2, 0.25) is 5.75 Å². The second kappa shape index (κ2) is 8.45. The van der Waals surface area contributed by atoms with Crippen LogP contribution in [0.25, 0.3) is 6.08 Å². The lowest BCUT2D eigenvalue weighted by Crippen LogP contribution is -2.00. The molecule has 0 aliphatic carbocycles. The summed E-state index contributed by atoms with van der Waals surface area (Å²) in [5.41, 5.74) is 1.44. The molecule has 0 bridgehead atoms. The number of carbonyl (C=O) groups excluding carboxylic acids is 1. The van der Waals surface area contributed by atoms with Gasteiger partial charge in [-0.05, 0) is 42.2 Å². The molecule has 0 radical (unpaired) electrons. The van der Waals surface area contributed by atoms with Gasteiger partial charge in [0.05, 0.1) is 21.3 Å². The maximum absolute atomic E-state index is 12.4. The summed E-state index contributed by atoms with van der Waals surface area (Å²) in [4.78, 5) is 13.6. The molecule has 0 N–H and O–H groups in total. The van der Waals surface area contributed by atoms with Crippen LogP contribution in [0.5, 0.6) is 17.2 Å². The highest BCUT2D eigenvalue weighted by Gasteiger charge is 2.15. The lowest BCUT2D eigenvalue weighted by molar-refractivity contribution is 0.104. The van der Waals surface area contributed by atoms with Crippen LogP contribution in [0.1, 0.15) is 15.9 Å². The Morgan fingerprint density at radius 2 is 1.54 bits per heavy atom. The van der Waals surface area contributed by atoms with E-state index in [0.717, 1.165) is 5.56 Å². The summed E-state index contributed by atoms with van der Waals surface area (Å²) in [6, 6.07) is 11.3. The predicted octanol–water partition coefficient (Wildman–Crippen LogP) is 4.33. The van der Waals surface area contributed by atoms with Crippen LogP contribution < -0.4 is 14.2 Å². The molecule has 4 nitrogen and oxygen atoms in total. The number of ether oxygens (including phenoxy) is 3. The first-order valence-corrected chi connectivity index (χ1v) is 8.52. The second-order valence-corrected chi connectivity index (χ2v) is 5.76. The minimum Gasteiger partial charge on any atom is -0.493 e. The zero-order chi connectivity index (χ0) is 17.5. The third-order valence-corrected chi connectivity index (χ3v) is 4.24. The fourth-order valence-corrected chi connectivity index (χ4v) is 2.61. The monoisotopic (exact) mass is 344 g/mol. The van der Waals surface area contributed by atoms with Gasteiger partial charge in [-0.3, -0.25) is 4.79 Å². The Labute approximate surface area is 146 Å². The van der Waals surface area contributed by atoms with Gasteiger partial charge in [0.1, 0.15) is 0 Å². The fourth-order valence-electron chi connectivity index (χ4n) is 2.21. The van der Waals surface area contributed by atoms with Crippen LogP contribution in [-0.4, -0.2) is 33.4 Å². The van der Waals surface area contributed by atoms with E-state index in [4.69, 9.17) is 14.2 Å². The molecule has 2 aromatic carbocycles. The quantitative estimate of drug-likeness (QED) is 0.425. The molecule has 126 valence electrons. The standard InChI is InChI=1S/C19H20O4S/c1-21-17-11-14(12-18(22-2)19(17)23-3)16(20)10-7-13-5-8-15(24-4)9-6-13/h5-12H,1-4H3/b10-7+. The molecule has 0 aliphatic heterocycles. The van der Waals surface area contributed by atoms with Gasteiger partial charge in [0, 0.05) is 10.5 Å². The van der Waals surface area contributed by atoms with Crippen LogP contribution in [0.15, 0.2) is 47.4 Å². The van der Waals surface area contributed by atoms with Crippen molar-refractivity contribution in [1.29, 1.82) is 0 Å². The lowest BCUT2D eigenvalue weighted by atomic mass is 10.1. The molecule has 2 aromatic rings. The van der Waals surface area contributed by atoms with Crippen molar-refractivity contribution in [3.8, 4) is 17.2 Å². The number of benzene rings is 2. The molecule has 0 unspecified atom stereocenters. The van der Waals surface area contributed by atoms with E-state index >= 15 is 0 Å². The van der Waals surface area contributed by atoms with Crippen LogP contribution >= 0.6 is 11.8 Å². The van der Waals surface area contributed by atoms with Crippen molar-refractivity contribution >= 4 is 23.6 Å². The van der Waals surface area contributed by atoms with Gasteiger partial charge in [-0.1, -0.05) is 18.2 Å². The molecule has 2 rings (SSSR count). The minimum absolute atomic E-state index is 0.136. The van der Waals surface area contributed by atoms with Crippen LogP contribution in [-0.2, 0) is 0 Å². The van der Waals surface area contributed by atoms with E-state index in [1.54, 1.807) is 30.0 Å². The molecule has 0 amide bonds. The number of hydrogen-bond donors (Lipinski definition) is 0. The highest BCUT2D eigenvalue weighted by atomic mass is 32.2. The van der Waals surface area contributed by atoms with E-state index in [9.17, 15) is 4.79 Å². The summed E-state index contributed by atoms with van der Waals surface area (Å²) in [5, 5.41) is 0. The number of rotatable bonds is 7. The zero-order valence-corrected chi connectivity index (χ0v) is 15.0. The molecule has 0 aromatic heterocycles. The summed E-state index contributed by atoms with van der Waals surface area (Å²) in [5.74, 6) is 1.24. The first-order chi connectivity index (χ1) is 11.6. The third-order valence-electron chi connectivity index (χ3n) is 3.49. The average molecular weight is 344 g/mol. The first kappa shape index (κ1) is 17.9. The number of allylic oxidation sites excluding steroid dienone is 1. The Morgan fingerprint density at radius 1 is 0.958 bits per heavy atom. The van der Waals surface area contributed by atoms with E-state index in [0.29, 0.717) is 22.8 Å². The van der Waals surface area contributed by atoms with E-state index in [2.05, 4.69) is 0 Å². The van der Waals surface area contributed by atoms with Crippen molar-refractivity contribution in [2.75, 3.05) is 27.6 Å². The van der Waals surface area contributed by atoms with E-state index in [1.807, 2.05) is 30.5 Å². The number of thioether (sulfide) groups is 1. The number of carbonyl (C=O) groups is 1. The highest BCUT2D eigenvalue weighted by Crippen LogP contribution is 2.38. The number of ketones is 1. The SMILES string of the molecule is COc1cc(C(=O)/C=C/c2ccc(SC)cc2)cc(OC)c1OC. The fraction of sp³-hybridized carbons (Fsp3) is 0.211. The zero-order valence-electron chi connectivity index (χ0n) is 14.2. The molecule has 0 saturated carbocycles. The van der Waals surface area contributed by atoms with Crippen LogP contribution in [0.4, 0.5) is 0 Å². The van der Waals surface area contributed by atoms with Crippen molar-refractivity contribution in [2.24, 2.45) is 0 Å². The van der Waals surface area contributed by atoms with Crippen LogP contribution in [0.2, 0.25) is 0 Å². The van der Waals surface area contributed by atoms with Crippen LogP contribution in [0, 0.1) is 0 Å². The summed E-state index contributed by atoms with van der Waals surface area (Å²) < 4.78 is 15.8. The molecule has 24 heavy (non-hydrogen) atoms. The van der Waals surface area contributed by atoms with Crippen molar-refractivity contribution in [3.63, 3.8) is 0 Å². The summed E-state index contributed by atoms with van der Waals surface area (Å²) in [6.07, 6.45) is 5.35. The summed E-state index contributed by atoms with van der Waals surface area (Å²) >= 11 is 1.68. The summed E-state index contributed by atoms with van der Waals surface area (Å²) in [7, 11) is 4.57. The van der Waals surface area contributed by atoms with Crippen molar-refractivity contribution in [3.05, 3.63) is 53.6 Å². The Morgan fingerprint density at radius 3 is 2.00 bits per heavy atom. The maximum atomic E-state index is 12.4. The normalized spacial score (nSPS) is 10.7. The third kappa shape index (κ3) is 4.11. The van der Waals surface area contributed by atoms with E-state index < -0.39 is 0 Å². The molecular weight excluding hydrogens is 324 g/mol. The average Bonchev–Trinajstić information content (AvgIpc) is 2.65. The van der Waals surface area contributed by atoms with Crippen molar-refractivity contribution in [2.45, 2.75) is 4.90 Å². The Bertz CT molecular complexity index is 711. The molecular formula is C19H20O4S. The van der Waals surface area contributed by atoms with Gasteiger partial charge >= 0.3 is 0 Å². The smallest absolute Gasteiger partial charge is 0.203 e. The van der Waals surface area contributed by atoms with Gasteiger partial charge in [0.15, 0.2) is 17.3 Å². The highest BCUT2D eigenvalue weighted by molar-refractivity contribution is 7.98. The topological polar surface area (TPSA) is 44.8 Å². The van der Waals surface area contributed by atoms with Crippen molar-refractivity contribution in [1.82, 2.24) is 0 Å². The predicted molar refractivity (Wildman–Crippen MR) is 97.7 cm³/mol. The van der Waals surface area contributed by atoms with Crippen LogP contribution in [0.3, 0.4) is 0 Å².